The summed E-state index contributed by atoms with van der Waals surface area (Å²) in [4.78, 5) is 0.0895. The third kappa shape index (κ3) is 5.58. The first-order valence-electron chi connectivity index (χ1n) is 5.35. The highest BCUT2D eigenvalue weighted by Gasteiger charge is 2.26. The van der Waals surface area contributed by atoms with Crippen molar-refractivity contribution in [1.29, 1.82) is 0 Å². The molecule has 0 spiro atoms. The van der Waals surface area contributed by atoms with Crippen molar-refractivity contribution >= 4 is 9.84 Å². The largest absolute Gasteiger partial charge is 0.401 e. The normalized spacial score (nSPS) is 14.4. The van der Waals surface area contributed by atoms with Gasteiger partial charge in [-0.1, -0.05) is 12.1 Å². The Hall–Kier alpha value is -1.12. The number of nitrogens with one attached hydrogen (secondary N) is 1. The molecular formula is C11H14F3NO3S. The van der Waals surface area contributed by atoms with Crippen LogP contribution in [0, 0.1) is 0 Å². The first-order valence-corrected chi connectivity index (χ1v) is 7.24. The average Bonchev–Trinajstić information content (AvgIpc) is 2.26. The van der Waals surface area contributed by atoms with Crippen LogP contribution in [0.5, 0.6) is 0 Å². The summed E-state index contributed by atoms with van der Waals surface area (Å²) in [7, 11) is -3.33. The summed E-state index contributed by atoms with van der Waals surface area (Å²) in [6.45, 7) is -1.46. The second-order valence-corrected chi connectivity index (χ2v) is 6.12. The molecule has 0 radical (unpaired) electrons. The highest BCUT2D eigenvalue weighted by atomic mass is 32.2. The zero-order valence-corrected chi connectivity index (χ0v) is 10.9. The van der Waals surface area contributed by atoms with E-state index in [9.17, 15) is 26.7 Å². The van der Waals surface area contributed by atoms with Gasteiger partial charge in [0.25, 0.3) is 0 Å². The fourth-order valence-electron chi connectivity index (χ4n) is 1.41. The fourth-order valence-corrected chi connectivity index (χ4v) is 2.04. The molecule has 1 unspecified atom stereocenters. The Labute approximate surface area is 109 Å². The summed E-state index contributed by atoms with van der Waals surface area (Å²) in [5.74, 6) is 0. The molecule has 0 aliphatic carbocycles. The van der Waals surface area contributed by atoms with Gasteiger partial charge in [0.2, 0.25) is 0 Å². The van der Waals surface area contributed by atoms with Crippen molar-refractivity contribution in [3.05, 3.63) is 29.8 Å². The third-order valence-electron chi connectivity index (χ3n) is 2.36. The second-order valence-electron chi connectivity index (χ2n) is 4.10. The summed E-state index contributed by atoms with van der Waals surface area (Å²) in [6, 6.07) is 5.35. The van der Waals surface area contributed by atoms with Gasteiger partial charge in [-0.15, -0.1) is 0 Å². The topological polar surface area (TPSA) is 66.4 Å². The SMILES string of the molecule is CS(=O)(=O)c1ccc(C(O)CNCC(F)(F)F)cc1. The fraction of sp³-hybridized carbons (Fsp3) is 0.455. The summed E-state index contributed by atoms with van der Waals surface area (Å²) < 4.78 is 58.0. The third-order valence-corrected chi connectivity index (χ3v) is 3.48. The lowest BCUT2D eigenvalue weighted by atomic mass is 10.1. The summed E-state index contributed by atoms with van der Waals surface area (Å²) in [5, 5.41) is 11.7. The molecule has 1 atom stereocenters. The second kappa shape index (κ2) is 5.89. The summed E-state index contributed by atoms with van der Waals surface area (Å²) in [6.07, 6.45) is -4.42. The van der Waals surface area contributed by atoms with E-state index >= 15 is 0 Å². The molecular weight excluding hydrogens is 283 g/mol. The minimum atomic E-state index is -4.33. The van der Waals surface area contributed by atoms with Gasteiger partial charge in [0.05, 0.1) is 17.5 Å². The molecule has 0 saturated carbocycles. The number of sulfone groups is 1. The molecule has 108 valence electrons. The molecule has 0 aliphatic heterocycles. The Morgan fingerprint density at radius 3 is 2.21 bits per heavy atom. The lowest BCUT2D eigenvalue weighted by Gasteiger charge is -2.13. The molecule has 0 fully saturated rings. The molecule has 1 aromatic rings. The van der Waals surface area contributed by atoms with Crippen LogP contribution in [0.1, 0.15) is 11.7 Å². The molecule has 0 saturated heterocycles. The van der Waals surface area contributed by atoms with Gasteiger partial charge in [-0.25, -0.2) is 8.42 Å². The lowest BCUT2D eigenvalue weighted by molar-refractivity contribution is -0.125. The van der Waals surface area contributed by atoms with Gasteiger partial charge in [-0.05, 0) is 17.7 Å². The van der Waals surface area contributed by atoms with Gasteiger partial charge in [0, 0.05) is 12.8 Å². The van der Waals surface area contributed by atoms with Crippen molar-refractivity contribution in [1.82, 2.24) is 5.32 Å². The van der Waals surface area contributed by atoms with Crippen LogP contribution in [0.2, 0.25) is 0 Å². The molecule has 19 heavy (non-hydrogen) atoms. The Morgan fingerprint density at radius 1 is 1.26 bits per heavy atom. The number of aliphatic hydroxyl groups is 1. The predicted molar refractivity (Wildman–Crippen MR) is 63.4 cm³/mol. The number of aliphatic hydroxyl groups excluding tert-OH is 1. The van der Waals surface area contributed by atoms with E-state index in [1.165, 1.54) is 24.3 Å². The lowest BCUT2D eigenvalue weighted by Crippen LogP contribution is -2.31. The monoisotopic (exact) mass is 297 g/mol. The number of hydrogen-bond donors (Lipinski definition) is 2. The van der Waals surface area contributed by atoms with Gasteiger partial charge in [-0.3, -0.25) is 0 Å². The Balaban J connectivity index is 2.61. The van der Waals surface area contributed by atoms with Crippen LogP contribution in [0.15, 0.2) is 29.2 Å². The van der Waals surface area contributed by atoms with Crippen LogP contribution in [-0.2, 0) is 9.84 Å². The number of halogens is 3. The molecule has 0 bridgehead atoms. The number of benzene rings is 1. The van der Waals surface area contributed by atoms with Crippen molar-refractivity contribution in [3.8, 4) is 0 Å². The van der Waals surface area contributed by atoms with E-state index in [0.29, 0.717) is 5.56 Å². The zero-order chi connectivity index (χ0) is 14.7. The van der Waals surface area contributed by atoms with Crippen molar-refractivity contribution in [2.24, 2.45) is 0 Å². The van der Waals surface area contributed by atoms with E-state index < -0.39 is 28.7 Å². The molecule has 1 rings (SSSR count). The summed E-state index contributed by atoms with van der Waals surface area (Å²) >= 11 is 0. The maximum Gasteiger partial charge on any atom is 0.401 e. The van der Waals surface area contributed by atoms with Crippen molar-refractivity contribution in [3.63, 3.8) is 0 Å². The van der Waals surface area contributed by atoms with Crippen LogP contribution in [0.4, 0.5) is 13.2 Å². The first-order chi connectivity index (χ1) is 8.59. The number of rotatable bonds is 5. The number of alkyl halides is 3. The Bertz CT molecular complexity index is 511. The molecule has 0 aromatic heterocycles. The Morgan fingerprint density at radius 2 is 1.79 bits per heavy atom. The predicted octanol–water partition coefficient (Wildman–Crippen LogP) is 1.28. The minimum absolute atomic E-state index is 0.0895. The van der Waals surface area contributed by atoms with E-state index in [2.05, 4.69) is 5.32 Å². The quantitative estimate of drug-likeness (QED) is 0.859. The van der Waals surface area contributed by atoms with Gasteiger partial charge in [-0.2, -0.15) is 13.2 Å². The van der Waals surface area contributed by atoms with Gasteiger partial charge >= 0.3 is 6.18 Å². The highest BCUT2D eigenvalue weighted by Crippen LogP contribution is 2.17. The smallest absolute Gasteiger partial charge is 0.387 e. The van der Waals surface area contributed by atoms with E-state index in [0.717, 1.165) is 6.26 Å². The maximum absolute atomic E-state index is 11.9. The number of hydrogen-bond acceptors (Lipinski definition) is 4. The van der Waals surface area contributed by atoms with Crippen LogP contribution < -0.4 is 5.32 Å². The van der Waals surface area contributed by atoms with Gasteiger partial charge < -0.3 is 10.4 Å². The zero-order valence-electron chi connectivity index (χ0n) is 10.1. The van der Waals surface area contributed by atoms with Crippen LogP contribution >= 0.6 is 0 Å². The maximum atomic E-state index is 11.9. The Kier molecular flexibility index (Phi) is 4.94. The minimum Gasteiger partial charge on any atom is -0.387 e. The van der Waals surface area contributed by atoms with E-state index in [-0.39, 0.29) is 11.4 Å². The summed E-state index contributed by atoms with van der Waals surface area (Å²) in [5.41, 5.74) is 0.349. The first kappa shape index (κ1) is 15.9. The van der Waals surface area contributed by atoms with Crippen LogP contribution in [-0.4, -0.2) is 39.0 Å². The average molecular weight is 297 g/mol. The molecule has 1 aromatic carbocycles. The molecule has 4 nitrogen and oxygen atoms in total. The van der Waals surface area contributed by atoms with E-state index in [1.54, 1.807) is 0 Å². The van der Waals surface area contributed by atoms with Gasteiger partial charge in [0.15, 0.2) is 9.84 Å². The highest BCUT2D eigenvalue weighted by molar-refractivity contribution is 7.90. The van der Waals surface area contributed by atoms with Crippen LogP contribution in [0.3, 0.4) is 0 Å². The van der Waals surface area contributed by atoms with Crippen molar-refractivity contribution in [2.75, 3.05) is 19.3 Å². The molecule has 0 heterocycles. The standard InChI is InChI=1S/C11H14F3NO3S/c1-19(17,18)9-4-2-8(3-5-9)10(16)6-15-7-11(12,13)14/h2-5,10,15-16H,6-7H2,1H3. The molecule has 0 aliphatic rings. The van der Waals surface area contributed by atoms with Crippen molar-refractivity contribution < 1.29 is 26.7 Å². The van der Waals surface area contributed by atoms with Gasteiger partial charge in [0.1, 0.15) is 0 Å². The molecule has 0 amide bonds. The van der Waals surface area contributed by atoms with Crippen LogP contribution in [0.25, 0.3) is 0 Å². The molecule has 2 N–H and O–H groups in total. The van der Waals surface area contributed by atoms with E-state index in [1.807, 2.05) is 0 Å². The van der Waals surface area contributed by atoms with E-state index in [4.69, 9.17) is 0 Å². The van der Waals surface area contributed by atoms with Crippen molar-refractivity contribution in [2.45, 2.75) is 17.2 Å². The molecule has 8 heteroatoms.